The lowest BCUT2D eigenvalue weighted by molar-refractivity contribution is -0.0218. The van der Waals surface area contributed by atoms with Crippen LogP contribution in [-0.2, 0) is 4.74 Å². The predicted octanol–water partition coefficient (Wildman–Crippen LogP) is 2.03. The van der Waals surface area contributed by atoms with Crippen molar-refractivity contribution >= 4 is 0 Å². The van der Waals surface area contributed by atoms with Crippen LogP contribution in [-0.4, -0.2) is 35.8 Å². The molecule has 0 radical (unpaired) electrons. The van der Waals surface area contributed by atoms with E-state index < -0.39 is 0 Å². The molecule has 0 bridgehead atoms. The van der Waals surface area contributed by atoms with Crippen molar-refractivity contribution in [2.24, 2.45) is 5.92 Å². The second-order valence-corrected chi connectivity index (χ2v) is 5.05. The molecule has 1 aromatic carbocycles. The molecule has 1 N–H and O–H groups in total. The molecule has 1 aliphatic heterocycles. The normalized spacial score (nSPS) is 25.6. The molecule has 2 atom stereocenters. The number of hydrogen-bond acceptors (Lipinski definition) is 3. The third kappa shape index (κ3) is 3.06. The van der Waals surface area contributed by atoms with Crippen molar-refractivity contribution in [1.29, 1.82) is 0 Å². The third-order valence-electron chi connectivity index (χ3n) is 2.98. The Morgan fingerprint density at radius 1 is 1.35 bits per heavy atom. The molecule has 3 nitrogen and oxygen atoms in total. The van der Waals surface area contributed by atoms with Gasteiger partial charge in [-0.3, -0.25) is 4.90 Å². The maximum absolute atomic E-state index is 9.23. The van der Waals surface area contributed by atoms with E-state index >= 15 is 0 Å². The van der Waals surface area contributed by atoms with Gasteiger partial charge >= 0.3 is 0 Å². The Bertz CT molecular complexity index is 339. The molecule has 0 aliphatic carbocycles. The Morgan fingerprint density at radius 3 is 2.65 bits per heavy atom. The number of aliphatic hydroxyl groups is 1. The minimum Gasteiger partial charge on any atom is -0.394 e. The molecule has 1 aromatic rings. The van der Waals surface area contributed by atoms with Gasteiger partial charge in [0.1, 0.15) is 6.23 Å². The summed E-state index contributed by atoms with van der Waals surface area (Å²) in [6.07, 6.45) is -0.0605. The van der Waals surface area contributed by atoms with Crippen molar-refractivity contribution < 1.29 is 9.84 Å². The fourth-order valence-corrected chi connectivity index (χ4v) is 2.32. The van der Waals surface area contributed by atoms with E-state index in [4.69, 9.17) is 4.74 Å². The molecule has 2 unspecified atom stereocenters. The Morgan fingerprint density at radius 2 is 2.06 bits per heavy atom. The zero-order chi connectivity index (χ0) is 12.3. The molecule has 1 fully saturated rings. The van der Waals surface area contributed by atoms with Crippen LogP contribution >= 0.6 is 0 Å². The zero-order valence-corrected chi connectivity index (χ0v) is 10.5. The standard InChI is InChI=1S/C14H21NO2/c1-11(2)8-15-9-13(10-16)17-14(15)12-6-4-3-5-7-12/h3-7,11,13-14,16H,8-10H2,1-2H3. The predicted molar refractivity (Wildman–Crippen MR) is 67.6 cm³/mol. The van der Waals surface area contributed by atoms with Gasteiger partial charge in [-0.05, 0) is 11.5 Å². The average molecular weight is 235 g/mol. The van der Waals surface area contributed by atoms with Crippen LogP contribution in [0.25, 0.3) is 0 Å². The third-order valence-corrected chi connectivity index (χ3v) is 2.98. The largest absolute Gasteiger partial charge is 0.394 e. The molecule has 1 heterocycles. The Hall–Kier alpha value is -0.900. The monoisotopic (exact) mass is 235 g/mol. The molecular weight excluding hydrogens is 214 g/mol. The van der Waals surface area contributed by atoms with Crippen molar-refractivity contribution in [3.8, 4) is 0 Å². The van der Waals surface area contributed by atoms with E-state index in [0.29, 0.717) is 5.92 Å². The molecule has 0 aromatic heterocycles. The van der Waals surface area contributed by atoms with E-state index in [1.807, 2.05) is 18.2 Å². The molecule has 0 spiro atoms. The van der Waals surface area contributed by atoms with Crippen molar-refractivity contribution in [2.45, 2.75) is 26.2 Å². The summed E-state index contributed by atoms with van der Waals surface area (Å²) in [6.45, 7) is 6.31. The first-order valence-electron chi connectivity index (χ1n) is 6.26. The lowest BCUT2D eigenvalue weighted by atomic mass is 10.1. The van der Waals surface area contributed by atoms with Crippen LogP contribution in [0, 0.1) is 5.92 Å². The first-order valence-corrected chi connectivity index (χ1v) is 6.26. The number of rotatable bonds is 4. The zero-order valence-electron chi connectivity index (χ0n) is 10.5. The van der Waals surface area contributed by atoms with Crippen LogP contribution in [0.15, 0.2) is 30.3 Å². The topological polar surface area (TPSA) is 32.7 Å². The molecule has 94 valence electrons. The first kappa shape index (κ1) is 12.6. The molecule has 0 saturated carbocycles. The minimum absolute atomic E-state index is 0.00394. The summed E-state index contributed by atoms with van der Waals surface area (Å²) in [6, 6.07) is 10.2. The van der Waals surface area contributed by atoms with Crippen LogP contribution in [0.4, 0.5) is 0 Å². The SMILES string of the molecule is CC(C)CN1CC(CO)OC1c1ccccc1. The Kier molecular flexibility index (Phi) is 4.15. The van der Waals surface area contributed by atoms with E-state index in [9.17, 15) is 5.11 Å². The van der Waals surface area contributed by atoms with Gasteiger partial charge in [0.05, 0.1) is 12.7 Å². The highest BCUT2D eigenvalue weighted by Gasteiger charge is 2.33. The maximum atomic E-state index is 9.23. The highest BCUT2D eigenvalue weighted by Crippen LogP contribution is 2.30. The molecule has 1 aliphatic rings. The molecule has 1 saturated heterocycles. The summed E-state index contributed by atoms with van der Waals surface area (Å²) in [5.41, 5.74) is 1.17. The van der Waals surface area contributed by atoms with E-state index in [0.717, 1.165) is 13.1 Å². The number of ether oxygens (including phenoxy) is 1. The Balaban J connectivity index is 2.12. The molecular formula is C14H21NO2. The van der Waals surface area contributed by atoms with Gasteiger partial charge in [-0.1, -0.05) is 44.2 Å². The fourth-order valence-electron chi connectivity index (χ4n) is 2.32. The fraction of sp³-hybridized carbons (Fsp3) is 0.571. The van der Waals surface area contributed by atoms with Gasteiger partial charge < -0.3 is 9.84 Å². The van der Waals surface area contributed by atoms with E-state index in [-0.39, 0.29) is 18.9 Å². The van der Waals surface area contributed by atoms with Gasteiger partial charge in [0.25, 0.3) is 0 Å². The highest BCUT2D eigenvalue weighted by molar-refractivity contribution is 5.18. The van der Waals surface area contributed by atoms with E-state index in [1.54, 1.807) is 0 Å². The van der Waals surface area contributed by atoms with Crippen molar-refractivity contribution in [3.63, 3.8) is 0 Å². The van der Waals surface area contributed by atoms with Crippen LogP contribution in [0.3, 0.4) is 0 Å². The van der Waals surface area contributed by atoms with Crippen molar-refractivity contribution in [1.82, 2.24) is 4.90 Å². The summed E-state index contributed by atoms with van der Waals surface area (Å²) in [4.78, 5) is 2.31. The summed E-state index contributed by atoms with van der Waals surface area (Å²) in [5.74, 6) is 0.599. The number of aliphatic hydroxyl groups excluding tert-OH is 1. The van der Waals surface area contributed by atoms with Crippen LogP contribution < -0.4 is 0 Å². The second kappa shape index (κ2) is 5.63. The van der Waals surface area contributed by atoms with Gasteiger partial charge in [0.2, 0.25) is 0 Å². The first-order chi connectivity index (χ1) is 8.20. The summed E-state index contributed by atoms with van der Waals surface area (Å²) >= 11 is 0. The highest BCUT2D eigenvalue weighted by atomic mass is 16.5. The lowest BCUT2D eigenvalue weighted by Gasteiger charge is -2.24. The quantitative estimate of drug-likeness (QED) is 0.867. The van der Waals surface area contributed by atoms with Gasteiger partial charge in [-0.15, -0.1) is 0 Å². The molecule has 17 heavy (non-hydrogen) atoms. The van der Waals surface area contributed by atoms with Crippen LogP contribution in [0.5, 0.6) is 0 Å². The second-order valence-electron chi connectivity index (χ2n) is 5.05. The van der Waals surface area contributed by atoms with Crippen LogP contribution in [0.1, 0.15) is 25.6 Å². The minimum atomic E-state index is -0.0565. The number of nitrogens with zero attached hydrogens (tertiary/aromatic N) is 1. The Labute approximate surface area is 103 Å². The van der Waals surface area contributed by atoms with Gasteiger partial charge in [0.15, 0.2) is 0 Å². The van der Waals surface area contributed by atoms with Crippen molar-refractivity contribution in [2.75, 3.05) is 19.7 Å². The van der Waals surface area contributed by atoms with Gasteiger partial charge in [0, 0.05) is 13.1 Å². The van der Waals surface area contributed by atoms with E-state index in [1.165, 1.54) is 5.56 Å². The van der Waals surface area contributed by atoms with Gasteiger partial charge in [-0.2, -0.15) is 0 Å². The lowest BCUT2D eigenvalue weighted by Crippen LogP contribution is -2.29. The average Bonchev–Trinajstić information content (AvgIpc) is 2.72. The van der Waals surface area contributed by atoms with E-state index in [2.05, 4.69) is 30.9 Å². The van der Waals surface area contributed by atoms with Crippen LogP contribution in [0.2, 0.25) is 0 Å². The summed E-state index contributed by atoms with van der Waals surface area (Å²) in [7, 11) is 0. The number of benzene rings is 1. The van der Waals surface area contributed by atoms with Gasteiger partial charge in [-0.25, -0.2) is 0 Å². The molecule has 3 heteroatoms. The summed E-state index contributed by atoms with van der Waals surface area (Å²) < 4.78 is 5.89. The maximum Gasteiger partial charge on any atom is 0.137 e. The van der Waals surface area contributed by atoms with Crippen molar-refractivity contribution in [3.05, 3.63) is 35.9 Å². The molecule has 0 amide bonds. The molecule has 2 rings (SSSR count). The summed E-state index contributed by atoms with van der Waals surface area (Å²) in [5, 5.41) is 9.23. The number of hydrogen-bond donors (Lipinski definition) is 1. The smallest absolute Gasteiger partial charge is 0.137 e.